The largest absolute Gasteiger partial charge is 0.487 e. The van der Waals surface area contributed by atoms with E-state index >= 15 is 0 Å². The zero-order chi connectivity index (χ0) is 15.4. The molecule has 1 atom stereocenters. The molecule has 0 bridgehead atoms. The Morgan fingerprint density at radius 1 is 1.41 bits per heavy atom. The number of ether oxygens (including phenoxy) is 1. The molecule has 0 saturated carbocycles. The molecule has 116 valence electrons. The second kappa shape index (κ2) is 6.68. The van der Waals surface area contributed by atoms with E-state index in [-0.39, 0.29) is 11.9 Å². The minimum atomic E-state index is -0.313. The summed E-state index contributed by atoms with van der Waals surface area (Å²) in [5, 5.41) is 0. The Kier molecular flexibility index (Phi) is 4.46. The fourth-order valence-corrected chi connectivity index (χ4v) is 2.70. The predicted octanol–water partition coefficient (Wildman–Crippen LogP) is 2.62. The molecular weight excluding hydrogens is 283 g/mol. The average Bonchev–Trinajstić information content (AvgIpc) is 2.56. The Labute approximate surface area is 129 Å². The normalized spacial score (nSPS) is 18.3. The maximum atomic E-state index is 14.4. The third-order valence-corrected chi connectivity index (χ3v) is 3.79. The number of piperidine rings is 1. The van der Waals surface area contributed by atoms with Crippen LogP contribution in [0, 0.1) is 5.82 Å². The van der Waals surface area contributed by atoms with Crippen molar-refractivity contribution in [3.05, 3.63) is 42.4 Å². The zero-order valence-corrected chi connectivity index (χ0v) is 12.6. The molecule has 0 spiro atoms. The standard InChI is InChI=1S/C16H19FN4O/c1-2-14-15(17)16(20-11-19-14)21-8-4-6-13(10-21)22-12-5-3-7-18-9-12/h3,5,7,9,11,13H,2,4,6,8,10H2,1H3. The molecule has 0 amide bonds. The van der Waals surface area contributed by atoms with Gasteiger partial charge in [-0.05, 0) is 31.4 Å². The molecule has 1 aliphatic rings. The maximum absolute atomic E-state index is 14.4. The maximum Gasteiger partial charge on any atom is 0.187 e. The lowest BCUT2D eigenvalue weighted by Gasteiger charge is -2.33. The molecule has 1 aliphatic heterocycles. The average molecular weight is 302 g/mol. The highest BCUT2D eigenvalue weighted by Gasteiger charge is 2.25. The molecule has 1 unspecified atom stereocenters. The van der Waals surface area contributed by atoms with Crippen molar-refractivity contribution in [1.29, 1.82) is 0 Å². The van der Waals surface area contributed by atoms with Gasteiger partial charge in [-0.25, -0.2) is 14.4 Å². The van der Waals surface area contributed by atoms with Crippen LogP contribution in [0.5, 0.6) is 5.75 Å². The third-order valence-electron chi connectivity index (χ3n) is 3.79. The first-order valence-corrected chi connectivity index (χ1v) is 7.59. The van der Waals surface area contributed by atoms with Crippen LogP contribution in [0.25, 0.3) is 0 Å². The van der Waals surface area contributed by atoms with Crippen molar-refractivity contribution in [2.75, 3.05) is 18.0 Å². The Balaban J connectivity index is 1.73. The Morgan fingerprint density at radius 2 is 2.32 bits per heavy atom. The van der Waals surface area contributed by atoms with E-state index in [1.165, 1.54) is 6.33 Å². The van der Waals surface area contributed by atoms with Gasteiger partial charge >= 0.3 is 0 Å². The lowest BCUT2D eigenvalue weighted by atomic mass is 10.1. The van der Waals surface area contributed by atoms with Crippen molar-refractivity contribution in [2.24, 2.45) is 0 Å². The van der Waals surface area contributed by atoms with Crippen LogP contribution in [0.15, 0.2) is 30.9 Å². The summed E-state index contributed by atoms with van der Waals surface area (Å²) in [6.07, 6.45) is 7.29. The molecule has 6 heteroatoms. The monoisotopic (exact) mass is 302 g/mol. The third kappa shape index (κ3) is 3.16. The van der Waals surface area contributed by atoms with Gasteiger partial charge in [0, 0.05) is 12.7 Å². The minimum Gasteiger partial charge on any atom is -0.487 e. The molecule has 0 aromatic carbocycles. The first-order valence-electron chi connectivity index (χ1n) is 7.59. The van der Waals surface area contributed by atoms with Crippen molar-refractivity contribution >= 4 is 5.82 Å². The fraction of sp³-hybridized carbons (Fsp3) is 0.438. The van der Waals surface area contributed by atoms with Crippen molar-refractivity contribution in [2.45, 2.75) is 32.3 Å². The predicted molar refractivity (Wildman–Crippen MR) is 81.5 cm³/mol. The number of rotatable bonds is 4. The molecule has 2 aromatic heterocycles. The van der Waals surface area contributed by atoms with E-state index in [0.717, 1.165) is 25.1 Å². The van der Waals surface area contributed by atoms with Gasteiger partial charge in [0.05, 0.1) is 18.4 Å². The summed E-state index contributed by atoms with van der Waals surface area (Å²) in [5.41, 5.74) is 0.459. The summed E-state index contributed by atoms with van der Waals surface area (Å²) < 4.78 is 20.3. The van der Waals surface area contributed by atoms with Crippen LogP contribution < -0.4 is 9.64 Å². The summed E-state index contributed by atoms with van der Waals surface area (Å²) >= 11 is 0. The topological polar surface area (TPSA) is 51.1 Å². The van der Waals surface area contributed by atoms with E-state index in [9.17, 15) is 4.39 Å². The number of aromatic nitrogens is 3. The lowest BCUT2D eigenvalue weighted by Crippen LogP contribution is -2.42. The van der Waals surface area contributed by atoms with Gasteiger partial charge in [0.25, 0.3) is 0 Å². The summed E-state index contributed by atoms with van der Waals surface area (Å²) in [5.74, 6) is 0.810. The van der Waals surface area contributed by atoms with Crippen LogP contribution in [0.3, 0.4) is 0 Å². The molecule has 0 aliphatic carbocycles. The van der Waals surface area contributed by atoms with Crippen molar-refractivity contribution in [3.63, 3.8) is 0 Å². The van der Waals surface area contributed by atoms with E-state index < -0.39 is 0 Å². The SMILES string of the molecule is CCc1ncnc(N2CCCC(Oc3cccnc3)C2)c1F. The molecule has 2 aromatic rings. The highest BCUT2D eigenvalue weighted by atomic mass is 19.1. The second-order valence-corrected chi connectivity index (χ2v) is 5.33. The van der Waals surface area contributed by atoms with E-state index in [4.69, 9.17) is 4.74 Å². The first kappa shape index (κ1) is 14.7. The van der Waals surface area contributed by atoms with Crippen molar-refractivity contribution in [1.82, 2.24) is 15.0 Å². The van der Waals surface area contributed by atoms with Gasteiger partial charge in [0.1, 0.15) is 18.2 Å². The molecule has 22 heavy (non-hydrogen) atoms. The van der Waals surface area contributed by atoms with Gasteiger partial charge in [-0.1, -0.05) is 6.92 Å². The van der Waals surface area contributed by atoms with Gasteiger partial charge in [0.2, 0.25) is 0 Å². The molecule has 5 nitrogen and oxygen atoms in total. The number of anilines is 1. The number of hydrogen-bond acceptors (Lipinski definition) is 5. The molecule has 1 saturated heterocycles. The molecule has 3 heterocycles. The Morgan fingerprint density at radius 3 is 3.09 bits per heavy atom. The van der Waals surface area contributed by atoms with E-state index in [2.05, 4.69) is 15.0 Å². The number of hydrogen-bond donors (Lipinski definition) is 0. The summed E-state index contributed by atoms with van der Waals surface area (Å²) in [6, 6.07) is 3.72. The zero-order valence-electron chi connectivity index (χ0n) is 12.6. The molecule has 1 fully saturated rings. The molecular formula is C16H19FN4O. The summed E-state index contributed by atoms with van der Waals surface area (Å²) in [4.78, 5) is 14.1. The molecule has 3 rings (SSSR count). The van der Waals surface area contributed by atoms with Crippen LogP contribution in [0.2, 0.25) is 0 Å². The van der Waals surface area contributed by atoms with Crippen LogP contribution >= 0.6 is 0 Å². The van der Waals surface area contributed by atoms with E-state index in [1.54, 1.807) is 12.4 Å². The van der Waals surface area contributed by atoms with Gasteiger partial charge in [-0.15, -0.1) is 0 Å². The van der Waals surface area contributed by atoms with Crippen LogP contribution in [-0.2, 0) is 6.42 Å². The van der Waals surface area contributed by atoms with Gasteiger partial charge in [0.15, 0.2) is 11.6 Å². The Bertz CT molecular complexity index is 623. The van der Waals surface area contributed by atoms with Gasteiger partial charge in [-0.2, -0.15) is 0 Å². The van der Waals surface area contributed by atoms with Crippen LogP contribution in [0.1, 0.15) is 25.5 Å². The molecule has 0 N–H and O–H groups in total. The second-order valence-electron chi connectivity index (χ2n) is 5.33. The van der Waals surface area contributed by atoms with Crippen LogP contribution in [-0.4, -0.2) is 34.1 Å². The lowest BCUT2D eigenvalue weighted by molar-refractivity contribution is 0.178. The highest BCUT2D eigenvalue weighted by molar-refractivity contribution is 5.41. The van der Waals surface area contributed by atoms with Gasteiger partial charge < -0.3 is 9.64 Å². The molecule has 0 radical (unpaired) electrons. The quantitative estimate of drug-likeness (QED) is 0.869. The number of pyridine rings is 1. The first-order chi connectivity index (χ1) is 10.8. The Hall–Kier alpha value is -2.24. The number of nitrogens with zero attached hydrogens (tertiary/aromatic N) is 4. The van der Waals surface area contributed by atoms with Crippen molar-refractivity contribution < 1.29 is 9.13 Å². The smallest absolute Gasteiger partial charge is 0.187 e. The minimum absolute atomic E-state index is 0.0115. The number of halogens is 1. The summed E-state index contributed by atoms with van der Waals surface area (Å²) in [7, 11) is 0. The summed E-state index contributed by atoms with van der Waals surface area (Å²) in [6.45, 7) is 3.29. The van der Waals surface area contributed by atoms with Crippen LogP contribution in [0.4, 0.5) is 10.2 Å². The van der Waals surface area contributed by atoms with E-state index in [0.29, 0.717) is 24.5 Å². The fourth-order valence-electron chi connectivity index (χ4n) is 2.70. The highest BCUT2D eigenvalue weighted by Crippen LogP contribution is 2.24. The van der Waals surface area contributed by atoms with Crippen molar-refractivity contribution in [3.8, 4) is 5.75 Å². The number of aryl methyl sites for hydroxylation is 1. The van der Waals surface area contributed by atoms with E-state index in [1.807, 2.05) is 24.0 Å². The van der Waals surface area contributed by atoms with Gasteiger partial charge in [-0.3, -0.25) is 4.98 Å².